The van der Waals surface area contributed by atoms with Crippen LogP contribution in [-0.2, 0) is 0 Å². The van der Waals surface area contributed by atoms with Gasteiger partial charge in [0.2, 0.25) is 0 Å². The lowest BCUT2D eigenvalue weighted by Gasteiger charge is -2.24. The van der Waals surface area contributed by atoms with E-state index in [1.807, 2.05) is 50.3 Å². The van der Waals surface area contributed by atoms with Gasteiger partial charge in [-0.3, -0.25) is 4.79 Å². The maximum absolute atomic E-state index is 12.5. The fourth-order valence-corrected chi connectivity index (χ4v) is 4.09. The molecule has 1 aliphatic carbocycles. The van der Waals surface area contributed by atoms with E-state index in [-0.39, 0.29) is 24.0 Å². The van der Waals surface area contributed by atoms with Crippen LogP contribution in [0, 0.1) is 5.92 Å². The van der Waals surface area contributed by atoms with Gasteiger partial charge in [-0.25, -0.2) is 0 Å². The van der Waals surface area contributed by atoms with Crippen LogP contribution in [-0.4, -0.2) is 22.3 Å². The smallest absolute Gasteiger partial charge is 0.255 e. The Labute approximate surface area is 134 Å². The Morgan fingerprint density at radius 3 is 2.74 bits per heavy atom. The number of aromatic amines is 1. The molecule has 1 aromatic heterocycles. The van der Waals surface area contributed by atoms with Crippen molar-refractivity contribution in [1.29, 1.82) is 0 Å². The summed E-state index contributed by atoms with van der Waals surface area (Å²) in [7, 11) is 0. The van der Waals surface area contributed by atoms with E-state index in [1.54, 1.807) is 6.20 Å². The van der Waals surface area contributed by atoms with Crippen LogP contribution in [0.25, 0.3) is 11.1 Å². The van der Waals surface area contributed by atoms with Gasteiger partial charge in [-0.05, 0) is 30.1 Å². The highest BCUT2D eigenvalue weighted by Gasteiger charge is 2.53. The number of rotatable bonds is 2. The second-order valence-corrected chi connectivity index (χ2v) is 6.57. The zero-order chi connectivity index (χ0) is 16.2. The molecule has 4 rings (SSSR count). The van der Waals surface area contributed by atoms with Gasteiger partial charge in [-0.2, -0.15) is 0 Å². The molecule has 0 radical (unpaired) electrons. The fourth-order valence-electron chi connectivity index (χ4n) is 4.09. The predicted octanol–water partition coefficient (Wildman–Crippen LogP) is 2.85. The summed E-state index contributed by atoms with van der Waals surface area (Å²) in [5.74, 6) is 0.693. The first kappa shape index (κ1) is 14.3. The first-order valence-electron chi connectivity index (χ1n) is 7.87. The monoisotopic (exact) mass is 309 g/mol. The maximum Gasteiger partial charge on any atom is 0.255 e. The molecular weight excluding hydrogens is 290 g/mol. The number of H-pyrrole nitrogens is 1. The van der Waals surface area contributed by atoms with Gasteiger partial charge >= 0.3 is 0 Å². The standard InChI is InChI=1S/C19H19NO3/c1-11-13(10-21)8-19(2)16(11)15-17(23-19)14(9-20-18(15)22)12-6-4-3-5-7-12/h3-9,11,16,21H,10H2,1-2H3,(H,20,22). The van der Waals surface area contributed by atoms with Crippen LogP contribution in [0.5, 0.6) is 5.75 Å². The Morgan fingerprint density at radius 2 is 2.04 bits per heavy atom. The van der Waals surface area contributed by atoms with Crippen LogP contribution >= 0.6 is 0 Å². The zero-order valence-electron chi connectivity index (χ0n) is 13.2. The number of nitrogens with one attached hydrogen (secondary N) is 1. The van der Waals surface area contributed by atoms with Gasteiger partial charge < -0.3 is 14.8 Å². The largest absolute Gasteiger partial charge is 0.482 e. The average molecular weight is 309 g/mol. The van der Waals surface area contributed by atoms with Gasteiger partial charge in [-0.1, -0.05) is 37.3 Å². The lowest BCUT2D eigenvalue weighted by Crippen LogP contribution is -2.32. The van der Waals surface area contributed by atoms with Crippen LogP contribution in [0.4, 0.5) is 0 Å². The number of pyridine rings is 1. The number of fused-ring (bicyclic) bond motifs is 3. The molecule has 4 heteroatoms. The maximum atomic E-state index is 12.5. The molecule has 3 unspecified atom stereocenters. The molecule has 2 N–H and O–H groups in total. The predicted molar refractivity (Wildman–Crippen MR) is 88.6 cm³/mol. The van der Waals surface area contributed by atoms with E-state index >= 15 is 0 Å². The van der Waals surface area contributed by atoms with E-state index in [4.69, 9.17) is 4.74 Å². The minimum Gasteiger partial charge on any atom is -0.482 e. The lowest BCUT2D eigenvalue weighted by molar-refractivity contribution is 0.141. The Bertz CT molecular complexity index is 853. The summed E-state index contributed by atoms with van der Waals surface area (Å²) in [6, 6.07) is 9.91. The van der Waals surface area contributed by atoms with E-state index < -0.39 is 5.60 Å². The average Bonchev–Trinajstić information content (AvgIpc) is 2.99. The minimum absolute atomic E-state index is 0.00221. The highest BCUT2D eigenvalue weighted by atomic mass is 16.5. The number of ether oxygens (including phenoxy) is 1. The van der Waals surface area contributed by atoms with Gasteiger partial charge in [0.25, 0.3) is 5.56 Å². The van der Waals surface area contributed by atoms with Crippen molar-refractivity contribution in [2.45, 2.75) is 25.4 Å². The number of aliphatic hydroxyl groups excluding tert-OH is 1. The third-order valence-electron chi connectivity index (χ3n) is 5.16. The van der Waals surface area contributed by atoms with Gasteiger partial charge in [0, 0.05) is 17.7 Å². The number of benzene rings is 1. The SMILES string of the molecule is CC1C(CO)=CC2(C)Oc3c(-c4ccccc4)c[nH]c(=O)c3C12. The van der Waals surface area contributed by atoms with E-state index in [0.29, 0.717) is 11.3 Å². The summed E-state index contributed by atoms with van der Waals surface area (Å²) in [4.78, 5) is 15.4. The number of aromatic nitrogens is 1. The van der Waals surface area contributed by atoms with E-state index in [1.165, 1.54) is 0 Å². The molecule has 0 amide bonds. The van der Waals surface area contributed by atoms with Gasteiger partial charge in [0.1, 0.15) is 11.4 Å². The first-order valence-corrected chi connectivity index (χ1v) is 7.87. The first-order chi connectivity index (χ1) is 11.0. The molecule has 0 spiro atoms. The third-order valence-corrected chi connectivity index (χ3v) is 5.16. The summed E-state index contributed by atoms with van der Waals surface area (Å²) in [5, 5.41) is 9.55. The minimum atomic E-state index is -0.572. The molecule has 3 atom stereocenters. The van der Waals surface area contributed by atoms with E-state index in [0.717, 1.165) is 16.7 Å². The summed E-state index contributed by atoms with van der Waals surface area (Å²) in [6.45, 7) is 4.04. The molecule has 2 heterocycles. The quantitative estimate of drug-likeness (QED) is 0.839. The number of hydrogen-bond acceptors (Lipinski definition) is 3. The molecule has 1 aromatic carbocycles. The molecule has 118 valence electrons. The van der Waals surface area contributed by atoms with Gasteiger partial charge in [0.15, 0.2) is 0 Å². The van der Waals surface area contributed by atoms with Crippen LogP contribution in [0.1, 0.15) is 25.3 Å². The van der Waals surface area contributed by atoms with Gasteiger partial charge in [-0.15, -0.1) is 0 Å². The number of hydrogen-bond donors (Lipinski definition) is 2. The Kier molecular flexibility index (Phi) is 3.00. The fraction of sp³-hybridized carbons (Fsp3) is 0.316. The molecule has 0 saturated heterocycles. The Balaban J connectivity index is 1.92. The summed E-state index contributed by atoms with van der Waals surface area (Å²) < 4.78 is 6.28. The second kappa shape index (κ2) is 4.83. The summed E-state index contributed by atoms with van der Waals surface area (Å²) in [6.07, 6.45) is 3.71. The van der Waals surface area contributed by atoms with Crippen LogP contribution in [0.15, 0.2) is 53.0 Å². The van der Waals surface area contributed by atoms with Crippen molar-refractivity contribution in [3.8, 4) is 16.9 Å². The normalized spacial score (nSPS) is 28.0. The Morgan fingerprint density at radius 1 is 1.30 bits per heavy atom. The molecule has 0 fully saturated rings. The van der Waals surface area contributed by atoms with Crippen molar-refractivity contribution in [3.63, 3.8) is 0 Å². The highest BCUT2D eigenvalue weighted by Crippen LogP contribution is 2.56. The molecule has 23 heavy (non-hydrogen) atoms. The van der Waals surface area contributed by atoms with E-state index in [9.17, 15) is 9.90 Å². The highest BCUT2D eigenvalue weighted by molar-refractivity contribution is 5.73. The van der Waals surface area contributed by atoms with Crippen molar-refractivity contribution >= 4 is 0 Å². The Hall–Kier alpha value is -2.33. The van der Waals surface area contributed by atoms with Gasteiger partial charge in [0.05, 0.1) is 12.2 Å². The molecule has 0 bridgehead atoms. The number of aliphatic hydroxyl groups is 1. The molecule has 1 aliphatic heterocycles. The third kappa shape index (κ3) is 1.91. The van der Waals surface area contributed by atoms with Crippen molar-refractivity contribution < 1.29 is 9.84 Å². The van der Waals surface area contributed by atoms with Crippen molar-refractivity contribution in [2.24, 2.45) is 5.92 Å². The lowest BCUT2D eigenvalue weighted by atomic mass is 9.81. The summed E-state index contributed by atoms with van der Waals surface area (Å²) >= 11 is 0. The van der Waals surface area contributed by atoms with Crippen molar-refractivity contribution in [3.05, 3.63) is 64.1 Å². The van der Waals surface area contributed by atoms with Crippen molar-refractivity contribution in [2.75, 3.05) is 6.61 Å². The zero-order valence-corrected chi connectivity index (χ0v) is 13.2. The molecular formula is C19H19NO3. The van der Waals surface area contributed by atoms with Crippen LogP contribution < -0.4 is 10.3 Å². The molecule has 2 aromatic rings. The van der Waals surface area contributed by atoms with E-state index in [2.05, 4.69) is 4.98 Å². The van der Waals surface area contributed by atoms with Crippen molar-refractivity contribution in [1.82, 2.24) is 4.98 Å². The topological polar surface area (TPSA) is 62.3 Å². The second-order valence-electron chi connectivity index (χ2n) is 6.57. The summed E-state index contributed by atoms with van der Waals surface area (Å²) in [5.41, 5.74) is 2.88. The van der Waals surface area contributed by atoms with Crippen LogP contribution in [0.2, 0.25) is 0 Å². The van der Waals surface area contributed by atoms with Crippen LogP contribution in [0.3, 0.4) is 0 Å². The molecule has 2 aliphatic rings. The molecule has 4 nitrogen and oxygen atoms in total. The molecule has 0 saturated carbocycles.